The van der Waals surface area contributed by atoms with Gasteiger partial charge in [0.2, 0.25) is 0 Å². The van der Waals surface area contributed by atoms with Crippen LogP contribution in [0, 0.1) is 17.8 Å². The number of hydrogen-bond acceptors (Lipinski definition) is 5. The molecule has 0 saturated heterocycles. The zero-order chi connectivity index (χ0) is 18.2. The van der Waals surface area contributed by atoms with Crippen LogP contribution in [0.15, 0.2) is 28.9 Å². The van der Waals surface area contributed by atoms with Gasteiger partial charge in [0.05, 0.1) is 18.1 Å². The van der Waals surface area contributed by atoms with Crippen LogP contribution in [0.3, 0.4) is 0 Å². The summed E-state index contributed by atoms with van der Waals surface area (Å²) in [7, 11) is 0. The summed E-state index contributed by atoms with van der Waals surface area (Å²) in [6.45, 7) is 7.66. The maximum absolute atomic E-state index is 12.7. The Labute approximate surface area is 150 Å². The number of carbonyl (C=O) groups excluding carboxylic acids is 2. The smallest absolute Gasteiger partial charge is 0.336 e. The second kappa shape index (κ2) is 9.54. The topological polar surface area (TPSA) is 65.0 Å². The molecule has 5 heteroatoms. The van der Waals surface area contributed by atoms with E-state index in [1.54, 1.807) is 19.2 Å². The molecule has 1 aliphatic carbocycles. The van der Waals surface area contributed by atoms with Crippen LogP contribution in [-0.4, -0.2) is 31.4 Å². The van der Waals surface area contributed by atoms with E-state index in [0.29, 0.717) is 17.9 Å². The highest BCUT2D eigenvalue weighted by atomic mass is 16.5. The van der Waals surface area contributed by atoms with Gasteiger partial charge in [-0.3, -0.25) is 9.79 Å². The molecule has 0 aromatic carbocycles. The SMILES string of the molecule is C=CCOC(=O)C1=C(C)N=CC(C(=O)OCC)[C@H]1C1CCCCCC1. The molecule has 2 aliphatic rings. The van der Waals surface area contributed by atoms with Gasteiger partial charge in [0.15, 0.2) is 0 Å². The first kappa shape index (κ1) is 19.4. The summed E-state index contributed by atoms with van der Waals surface area (Å²) >= 11 is 0. The van der Waals surface area contributed by atoms with Crippen molar-refractivity contribution in [3.8, 4) is 0 Å². The first-order valence-corrected chi connectivity index (χ1v) is 9.29. The highest BCUT2D eigenvalue weighted by molar-refractivity contribution is 5.98. The molecular formula is C20H29NO4. The molecule has 1 heterocycles. The largest absolute Gasteiger partial charge is 0.465 e. The number of nitrogens with zero attached hydrogens (tertiary/aromatic N) is 1. The van der Waals surface area contributed by atoms with Crippen molar-refractivity contribution in [3.05, 3.63) is 23.9 Å². The molecule has 0 aromatic heterocycles. The van der Waals surface area contributed by atoms with E-state index in [-0.39, 0.29) is 24.4 Å². The predicted molar refractivity (Wildman–Crippen MR) is 97.2 cm³/mol. The number of ether oxygens (including phenoxy) is 2. The Kier molecular flexibility index (Phi) is 7.41. The Balaban J connectivity index is 2.36. The van der Waals surface area contributed by atoms with Crippen LogP contribution in [0.1, 0.15) is 52.4 Å². The standard InChI is InChI=1S/C20H29NO4/c1-4-12-25-20(23)17-14(3)21-13-16(19(22)24-5-2)18(17)15-10-8-6-7-9-11-15/h4,13,15-16,18H,1,5-12H2,2-3H3/t16?,18-/m1/s1. The summed E-state index contributed by atoms with van der Waals surface area (Å²) in [5.74, 6) is -1.16. The van der Waals surface area contributed by atoms with Gasteiger partial charge >= 0.3 is 11.9 Å². The van der Waals surface area contributed by atoms with Crippen LogP contribution in [0.25, 0.3) is 0 Å². The fourth-order valence-electron chi connectivity index (χ4n) is 3.92. The van der Waals surface area contributed by atoms with Crippen molar-refractivity contribution >= 4 is 18.2 Å². The molecule has 0 N–H and O–H groups in total. The van der Waals surface area contributed by atoms with Crippen molar-refractivity contribution < 1.29 is 19.1 Å². The summed E-state index contributed by atoms with van der Waals surface area (Å²) in [6, 6.07) is 0. The molecule has 2 atom stereocenters. The van der Waals surface area contributed by atoms with E-state index in [9.17, 15) is 9.59 Å². The molecule has 0 aromatic rings. The molecule has 0 bridgehead atoms. The van der Waals surface area contributed by atoms with Gasteiger partial charge in [-0.25, -0.2) is 4.79 Å². The highest BCUT2D eigenvalue weighted by Gasteiger charge is 2.42. The molecule has 2 rings (SSSR count). The lowest BCUT2D eigenvalue weighted by Gasteiger charge is -2.34. The fourth-order valence-corrected chi connectivity index (χ4v) is 3.92. The van der Waals surface area contributed by atoms with Gasteiger partial charge in [0.25, 0.3) is 0 Å². The molecular weight excluding hydrogens is 318 g/mol. The second-order valence-electron chi connectivity index (χ2n) is 6.72. The normalized spacial score (nSPS) is 24.6. The van der Waals surface area contributed by atoms with E-state index >= 15 is 0 Å². The van der Waals surface area contributed by atoms with Crippen LogP contribution < -0.4 is 0 Å². The average Bonchev–Trinajstić information content (AvgIpc) is 2.88. The van der Waals surface area contributed by atoms with Crippen LogP contribution in [0.4, 0.5) is 0 Å². The van der Waals surface area contributed by atoms with Gasteiger partial charge in [0.1, 0.15) is 6.61 Å². The molecule has 5 nitrogen and oxygen atoms in total. The van der Waals surface area contributed by atoms with Gasteiger partial charge in [-0.05, 0) is 32.6 Å². The van der Waals surface area contributed by atoms with E-state index in [1.165, 1.54) is 12.8 Å². The zero-order valence-corrected chi connectivity index (χ0v) is 15.3. The Hall–Kier alpha value is -1.91. The number of allylic oxidation sites excluding steroid dienone is 1. The van der Waals surface area contributed by atoms with Crippen LogP contribution in [0.5, 0.6) is 0 Å². The highest BCUT2D eigenvalue weighted by Crippen LogP contribution is 2.41. The lowest BCUT2D eigenvalue weighted by molar-refractivity contribution is -0.147. The van der Waals surface area contributed by atoms with Crippen molar-refractivity contribution in [3.63, 3.8) is 0 Å². The van der Waals surface area contributed by atoms with Crippen molar-refractivity contribution in [2.45, 2.75) is 52.4 Å². The van der Waals surface area contributed by atoms with E-state index in [1.807, 2.05) is 6.92 Å². The van der Waals surface area contributed by atoms with Crippen LogP contribution in [0.2, 0.25) is 0 Å². The minimum atomic E-state index is -0.516. The monoisotopic (exact) mass is 347 g/mol. The van der Waals surface area contributed by atoms with E-state index in [2.05, 4.69) is 11.6 Å². The minimum absolute atomic E-state index is 0.154. The van der Waals surface area contributed by atoms with Gasteiger partial charge in [-0.1, -0.05) is 38.3 Å². The maximum Gasteiger partial charge on any atom is 0.336 e. The number of carbonyl (C=O) groups is 2. The summed E-state index contributed by atoms with van der Waals surface area (Å²) < 4.78 is 10.6. The quantitative estimate of drug-likeness (QED) is 0.416. The first-order valence-electron chi connectivity index (χ1n) is 9.29. The van der Waals surface area contributed by atoms with E-state index in [0.717, 1.165) is 25.7 Å². The third kappa shape index (κ3) is 4.80. The molecule has 25 heavy (non-hydrogen) atoms. The predicted octanol–water partition coefficient (Wildman–Crippen LogP) is 3.84. The molecule has 1 unspecified atom stereocenters. The Morgan fingerprint density at radius 1 is 1.24 bits per heavy atom. The fraction of sp³-hybridized carbons (Fsp3) is 0.650. The van der Waals surface area contributed by atoms with Gasteiger partial charge in [-0.15, -0.1) is 0 Å². The number of hydrogen-bond donors (Lipinski definition) is 0. The Morgan fingerprint density at radius 3 is 2.52 bits per heavy atom. The van der Waals surface area contributed by atoms with E-state index in [4.69, 9.17) is 9.47 Å². The third-order valence-electron chi connectivity index (χ3n) is 5.06. The number of esters is 2. The summed E-state index contributed by atoms with van der Waals surface area (Å²) in [5, 5.41) is 0. The van der Waals surface area contributed by atoms with Crippen molar-refractivity contribution in [1.29, 1.82) is 0 Å². The van der Waals surface area contributed by atoms with Gasteiger partial charge in [-0.2, -0.15) is 0 Å². The van der Waals surface area contributed by atoms with Gasteiger partial charge in [0, 0.05) is 17.8 Å². The zero-order valence-electron chi connectivity index (χ0n) is 15.3. The van der Waals surface area contributed by atoms with Crippen molar-refractivity contribution in [2.24, 2.45) is 22.7 Å². The molecule has 0 radical (unpaired) electrons. The Morgan fingerprint density at radius 2 is 1.92 bits per heavy atom. The first-order chi connectivity index (χ1) is 12.1. The van der Waals surface area contributed by atoms with Gasteiger partial charge < -0.3 is 9.47 Å². The summed E-state index contributed by atoms with van der Waals surface area (Å²) in [6.07, 6.45) is 9.90. The Bertz CT molecular complexity index is 556. The van der Waals surface area contributed by atoms with Crippen LogP contribution >= 0.6 is 0 Å². The van der Waals surface area contributed by atoms with Crippen molar-refractivity contribution in [1.82, 2.24) is 0 Å². The maximum atomic E-state index is 12.7. The average molecular weight is 347 g/mol. The molecule has 1 fully saturated rings. The molecule has 0 amide bonds. The lowest BCUT2D eigenvalue weighted by atomic mass is 9.72. The van der Waals surface area contributed by atoms with Crippen LogP contribution in [-0.2, 0) is 19.1 Å². The summed E-state index contributed by atoms with van der Waals surface area (Å²) in [5.41, 5.74) is 1.18. The molecule has 1 saturated carbocycles. The lowest BCUT2D eigenvalue weighted by Crippen LogP contribution is -2.38. The number of rotatable bonds is 6. The molecule has 1 aliphatic heterocycles. The third-order valence-corrected chi connectivity index (χ3v) is 5.06. The molecule has 0 spiro atoms. The van der Waals surface area contributed by atoms with E-state index < -0.39 is 11.9 Å². The van der Waals surface area contributed by atoms with Crippen molar-refractivity contribution in [2.75, 3.05) is 13.2 Å². The number of aliphatic imine (C=N–C) groups is 1. The minimum Gasteiger partial charge on any atom is -0.465 e. The second-order valence-corrected chi connectivity index (χ2v) is 6.72. The summed E-state index contributed by atoms with van der Waals surface area (Å²) in [4.78, 5) is 29.5. The molecule has 138 valence electrons.